The van der Waals surface area contributed by atoms with Gasteiger partial charge < -0.3 is 9.84 Å². The van der Waals surface area contributed by atoms with Crippen LogP contribution in [0.1, 0.15) is 12.5 Å². The van der Waals surface area contributed by atoms with E-state index in [9.17, 15) is 18.3 Å². The van der Waals surface area contributed by atoms with E-state index >= 15 is 0 Å². The van der Waals surface area contributed by atoms with Crippen LogP contribution in [0, 0.1) is 0 Å². The molecule has 2 rings (SSSR count). The number of rotatable bonds is 6. The van der Waals surface area contributed by atoms with Crippen molar-refractivity contribution in [2.45, 2.75) is 23.0 Å². The van der Waals surface area contributed by atoms with Gasteiger partial charge in [-0.15, -0.1) is 0 Å². The number of hydrogen-bond donors (Lipinski definition) is 1. The van der Waals surface area contributed by atoms with Crippen LogP contribution in [-0.4, -0.2) is 31.4 Å². The normalized spacial score (nSPS) is 14.0. The van der Waals surface area contributed by atoms with Crippen molar-refractivity contribution < 1.29 is 23.1 Å². The van der Waals surface area contributed by atoms with Gasteiger partial charge in [0.1, 0.15) is 5.75 Å². The van der Waals surface area contributed by atoms with E-state index in [0.717, 1.165) is 4.47 Å². The van der Waals surface area contributed by atoms with Gasteiger partial charge in [-0.3, -0.25) is 4.79 Å². The quantitative estimate of drug-likeness (QED) is 0.786. The van der Waals surface area contributed by atoms with E-state index in [-0.39, 0.29) is 11.3 Å². The van der Waals surface area contributed by atoms with E-state index in [2.05, 4.69) is 15.9 Å². The van der Waals surface area contributed by atoms with E-state index in [4.69, 9.17) is 4.74 Å². The van der Waals surface area contributed by atoms with Crippen molar-refractivity contribution in [3.63, 3.8) is 0 Å². The number of ether oxygens (including phenoxy) is 1. The van der Waals surface area contributed by atoms with Gasteiger partial charge >= 0.3 is 5.97 Å². The summed E-state index contributed by atoms with van der Waals surface area (Å²) in [4.78, 5) is 11.8. The molecule has 0 saturated heterocycles. The average Bonchev–Trinajstić information content (AvgIpc) is 2.56. The Balaban J connectivity index is 2.46. The summed E-state index contributed by atoms with van der Waals surface area (Å²) in [5.74, 6) is -0.889. The molecule has 0 fully saturated rings. The highest BCUT2D eigenvalue weighted by Gasteiger charge is 2.47. The molecule has 0 saturated carbocycles. The Bertz CT molecular complexity index is 828. The zero-order valence-electron chi connectivity index (χ0n) is 13.2. The largest absolute Gasteiger partial charge is 0.497 e. The molecule has 1 unspecified atom stereocenters. The van der Waals surface area contributed by atoms with Crippen molar-refractivity contribution in [1.29, 1.82) is 0 Å². The molecule has 0 radical (unpaired) electrons. The van der Waals surface area contributed by atoms with Gasteiger partial charge in [0, 0.05) is 10.9 Å². The highest BCUT2D eigenvalue weighted by atomic mass is 79.9. The van der Waals surface area contributed by atoms with Gasteiger partial charge in [0.2, 0.25) is 0 Å². The Morgan fingerprint density at radius 2 is 1.67 bits per heavy atom. The molecule has 1 N–H and O–H groups in total. The fraction of sp³-hybridized carbons (Fsp3) is 0.235. The summed E-state index contributed by atoms with van der Waals surface area (Å²) >= 11 is 3.30. The molecule has 5 nitrogen and oxygen atoms in total. The Labute approximate surface area is 149 Å². The zero-order valence-corrected chi connectivity index (χ0v) is 15.6. The molecule has 0 aromatic heterocycles. The predicted octanol–water partition coefficient (Wildman–Crippen LogP) is 3.32. The molecule has 0 spiro atoms. The Kier molecular flexibility index (Phi) is 5.35. The van der Waals surface area contributed by atoms with E-state index in [1.807, 2.05) is 0 Å². The van der Waals surface area contributed by atoms with Crippen LogP contribution in [0.4, 0.5) is 0 Å². The summed E-state index contributed by atoms with van der Waals surface area (Å²) in [6.45, 7) is 1.23. The average molecular weight is 413 g/mol. The lowest BCUT2D eigenvalue weighted by atomic mass is 10.0. The number of carboxylic acid groups (broad SMARTS) is 1. The monoisotopic (exact) mass is 412 g/mol. The molecular weight excluding hydrogens is 396 g/mol. The number of methoxy groups -OCH3 is 1. The Morgan fingerprint density at radius 1 is 1.12 bits per heavy atom. The number of sulfone groups is 1. The van der Waals surface area contributed by atoms with Crippen molar-refractivity contribution in [1.82, 2.24) is 0 Å². The fourth-order valence-corrected chi connectivity index (χ4v) is 4.16. The first-order valence-electron chi connectivity index (χ1n) is 7.07. The molecule has 2 aromatic carbocycles. The molecule has 1 atom stereocenters. The second-order valence-electron chi connectivity index (χ2n) is 5.52. The van der Waals surface area contributed by atoms with Crippen molar-refractivity contribution >= 4 is 31.7 Å². The van der Waals surface area contributed by atoms with Crippen LogP contribution in [-0.2, 0) is 21.1 Å². The summed E-state index contributed by atoms with van der Waals surface area (Å²) in [7, 11) is -2.63. The van der Waals surface area contributed by atoms with Crippen LogP contribution in [0.5, 0.6) is 5.75 Å². The van der Waals surface area contributed by atoms with E-state index in [1.165, 1.54) is 38.3 Å². The van der Waals surface area contributed by atoms with Gasteiger partial charge in [-0.25, -0.2) is 8.42 Å². The van der Waals surface area contributed by atoms with Crippen molar-refractivity contribution in [2.24, 2.45) is 0 Å². The summed E-state index contributed by atoms with van der Waals surface area (Å²) in [6, 6.07) is 12.6. The van der Waals surface area contributed by atoms with E-state index in [0.29, 0.717) is 11.3 Å². The maximum atomic E-state index is 12.9. The first-order chi connectivity index (χ1) is 11.2. The van der Waals surface area contributed by atoms with Crippen LogP contribution in [0.15, 0.2) is 57.9 Å². The number of aliphatic carboxylic acids is 1. The minimum absolute atomic E-state index is 0.0506. The third kappa shape index (κ3) is 3.47. The highest BCUT2D eigenvalue weighted by molar-refractivity contribution is 9.10. The minimum Gasteiger partial charge on any atom is -0.497 e. The van der Waals surface area contributed by atoms with E-state index in [1.54, 1.807) is 24.3 Å². The molecule has 0 aliphatic heterocycles. The van der Waals surface area contributed by atoms with Gasteiger partial charge in [-0.1, -0.05) is 28.1 Å². The molecule has 7 heteroatoms. The number of carbonyl (C=O) groups is 1. The van der Waals surface area contributed by atoms with Crippen LogP contribution >= 0.6 is 15.9 Å². The van der Waals surface area contributed by atoms with Crippen molar-refractivity contribution in [3.05, 3.63) is 58.6 Å². The molecule has 0 amide bonds. The third-order valence-electron chi connectivity index (χ3n) is 3.87. The second kappa shape index (κ2) is 6.94. The molecule has 0 heterocycles. The first kappa shape index (κ1) is 18.5. The molecule has 0 aliphatic rings. The van der Waals surface area contributed by atoms with Crippen molar-refractivity contribution in [2.75, 3.05) is 7.11 Å². The fourth-order valence-electron chi connectivity index (χ4n) is 2.29. The van der Waals surface area contributed by atoms with Crippen molar-refractivity contribution in [3.8, 4) is 5.75 Å². The van der Waals surface area contributed by atoms with Crippen LogP contribution in [0.2, 0.25) is 0 Å². The maximum Gasteiger partial charge on any atom is 0.325 e. The predicted molar refractivity (Wildman–Crippen MR) is 94.1 cm³/mol. The number of hydrogen-bond acceptors (Lipinski definition) is 4. The van der Waals surface area contributed by atoms with Gasteiger partial charge in [-0.2, -0.15) is 0 Å². The SMILES string of the molecule is COc1ccc(S(=O)(=O)C(C)(Cc2ccc(Br)cc2)C(=O)O)cc1. The Hall–Kier alpha value is -1.86. The van der Waals surface area contributed by atoms with Gasteiger partial charge in [0.05, 0.1) is 12.0 Å². The molecule has 24 heavy (non-hydrogen) atoms. The van der Waals surface area contributed by atoms with Crippen LogP contribution in [0.3, 0.4) is 0 Å². The summed E-state index contributed by atoms with van der Waals surface area (Å²) in [5.41, 5.74) is 0.625. The molecule has 2 aromatic rings. The number of halogens is 1. The summed E-state index contributed by atoms with van der Waals surface area (Å²) < 4.78 is 29.7. The maximum absolute atomic E-state index is 12.9. The van der Waals surface area contributed by atoms with Gasteiger partial charge in [0.25, 0.3) is 0 Å². The van der Waals surface area contributed by atoms with Crippen LogP contribution < -0.4 is 4.74 Å². The molecule has 0 bridgehead atoms. The third-order valence-corrected chi connectivity index (χ3v) is 6.80. The highest BCUT2D eigenvalue weighted by Crippen LogP contribution is 2.31. The second-order valence-corrected chi connectivity index (χ2v) is 8.81. The number of benzene rings is 2. The van der Waals surface area contributed by atoms with Gasteiger partial charge in [0.15, 0.2) is 14.6 Å². The lowest BCUT2D eigenvalue weighted by molar-refractivity contribution is -0.139. The molecule has 0 aliphatic carbocycles. The Morgan fingerprint density at radius 3 is 2.12 bits per heavy atom. The smallest absolute Gasteiger partial charge is 0.325 e. The standard InChI is InChI=1S/C17H17BrO5S/c1-17(16(19)20,11-12-3-5-13(18)6-4-12)24(21,22)15-9-7-14(23-2)8-10-15/h3-10H,11H2,1-2H3,(H,19,20). The minimum atomic E-state index is -4.10. The van der Waals surface area contributed by atoms with Crippen LogP contribution in [0.25, 0.3) is 0 Å². The zero-order chi connectivity index (χ0) is 18.0. The number of carboxylic acids is 1. The van der Waals surface area contributed by atoms with E-state index < -0.39 is 20.6 Å². The lowest BCUT2D eigenvalue weighted by Gasteiger charge is -2.25. The molecule has 128 valence electrons. The lowest BCUT2D eigenvalue weighted by Crippen LogP contribution is -2.45. The molecular formula is C17H17BrO5S. The van der Waals surface area contributed by atoms with Gasteiger partial charge in [-0.05, 0) is 48.9 Å². The topological polar surface area (TPSA) is 80.7 Å². The summed E-state index contributed by atoms with van der Waals surface area (Å²) in [5, 5.41) is 9.63. The summed E-state index contributed by atoms with van der Waals surface area (Å²) in [6.07, 6.45) is -0.135. The first-order valence-corrected chi connectivity index (χ1v) is 9.35.